The minimum Gasteiger partial charge on any atom is -0.330 e. The van der Waals surface area contributed by atoms with E-state index in [0.29, 0.717) is 0 Å². The first kappa shape index (κ1) is 8.20. The van der Waals surface area contributed by atoms with Gasteiger partial charge in [0.25, 0.3) is 0 Å². The first-order valence-electron chi connectivity index (χ1n) is 4.47. The van der Waals surface area contributed by atoms with Crippen molar-refractivity contribution in [3.8, 4) is 0 Å². The van der Waals surface area contributed by atoms with Crippen LogP contribution in [-0.2, 0) is 6.42 Å². The van der Waals surface area contributed by atoms with Crippen LogP contribution in [-0.4, -0.2) is 11.5 Å². The maximum absolute atomic E-state index is 5.51. The van der Waals surface area contributed by atoms with Gasteiger partial charge in [-0.3, -0.25) is 0 Å². The number of aryl methyl sites for hydroxylation is 1. The van der Waals surface area contributed by atoms with E-state index in [-0.39, 0.29) is 0 Å². The van der Waals surface area contributed by atoms with Gasteiger partial charge in [0, 0.05) is 10.8 Å². The van der Waals surface area contributed by atoms with E-state index in [1.54, 1.807) is 0 Å². The fraction of sp³-hybridized carbons (Fsp3) is 0.667. The Bertz CT molecular complexity index is 276. The summed E-state index contributed by atoms with van der Waals surface area (Å²) in [5.41, 5.74) is 6.71. The lowest BCUT2D eigenvalue weighted by atomic mass is 10.3. The Morgan fingerprint density at radius 3 is 2.92 bits per heavy atom. The smallest absolute Gasteiger partial charge is 0.0961 e. The molecule has 0 unspecified atom stereocenters. The number of hydrogen-bond acceptors (Lipinski definition) is 3. The maximum Gasteiger partial charge on any atom is 0.0961 e. The number of aromatic nitrogens is 1. The minimum absolute atomic E-state index is 0.743. The van der Waals surface area contributed by atoms with Crippen LogP contribution in [0.1, 0.15) is 34.3 Å². The Balaban J connectivity index is 2.18. The van der Waals surface area contributed by atoms with Gasteiger partial charge in [0.2, 0.25) is 0 Å². The summed E-state index contributed by atoms with van der Waals surface area (Å²) in [5, 5.41) is 1.34. The predicted octanol–water partition coefficient (Wildman–Crippen LogP) is 1.83. The van der Waals surface area contributed by atoms with Gasteiger partial charge in [-0.05, 0) is 32.7 Å². The minimum atomic E-state index is 0.743. The molecule has 1 saturated carbocycles. The first-order chi connectivity index (χ1) is 5.81. The number of nitrogens with zero attached hydrogens (tertiary/aromatic N) is 1. The molecule has 1 aliphatic carbocycles. The van der Waals surface area contributed by atoms with Crippen molar-refractivity contribution in [1.29, 1.82) is 0 Å². The van der Waals surface area contributed by atoms with E-state index in [0.717, 1.165) is 18.9 Å². The third-order valence-corrected chi connectivity index (χ3v) is 3.59. The molecule has 0 radical (unpaired) electrons. The fourth-order valence-electron chi connectivity index (χ4n) is 1.32. The molecule has 0 bridgehead atoms. The molecule has 1 aromatic heterocycles. The Morgan fingerprint density at radius 1 is 1.58 bits per heavy atom. The summed E-state index contributed by atoms with van der Waals surface area (Å²) in [6.45, 7) is 2.83. The van der Waals surface area contributed by atoms with E-state index in [2.05, 4.69) is 11.9 Å². The second kappa shape index (κ2) is 3.15. The summed E-state index contributed by atoms with van der Waals surface area (Å²) in [5.74, 6) is 0.792. The molecule has 1 aromatic rings. The Kier molecular flexibility index (Phi) is 2.15. The van der Waals surface area contributed by atoms with Gasteiger partial charge in [-0.25, -0.2) is 4.98 Å². The highest BCUT2D eigenvalue weighted by Gasteiger charge is 2.27. The van der Waals surface area contributed by atoms with Crippen LogP contribution < -0.4 is 5.73 Å². The molecule has 0 aliphatic heterocycles. The van der Waals surface area contributed by atoms with Crippen LogP contribution in [0.2, 0.25) is 0 Å². The van der Waals surface area contributed by atoms with Gasteiger partial charge in [-0.1, -0.05) is 0 Å². The Morgan fingerprint density at radius 2 is 2.33 bits per heavy atom. The molecule has 0 spiro atoms. The molecule has 3 heteroatoms. The van der Waals surface area contributed by atoms with Crippen LogP contribution in [0.15, 0.2) is 0 Å². The quantitative estimate of drug-likeness (QED) is 0.774. The molecule has 0 amide bonds. The van der Waals surface area contributed by atoms with Crippen molar-refractivity contribution in [3.63, 3.8) is 0 Å². The van der Waals surface area contributed by atoms with Gasteiger partial charge >= 0.3 is 0 Å². The zero-order chi connectivity index (χ0) is 8.55. The molecule has 12 heavy (non-hydrogen) atoms. The molecular weight excluding hydrogens is 168 g/mol. The predicted molar refractivity (Wildman–Crippen MR) is 51.6 cm³/mol. The molecule has 2 rings (SSSR count). The molecule has 0 saturated heterocycles. The molecule has 66 valence electrons. The SMILES string of the molecule is Cc1nc(C2CC2)sc1CCN. The van der Waals surface area contributed by atoms with E-state index < -0.39 is 0 Å². The van der Waals surface area contributed by atoms with Crippen LogP contribution in [0.25, 0.3) is 0 Å². The lowest BCUT2D eigenvalue weighted by Gasteiger charge is -1.90. The lowest BCUT2D eigenvalue weighted by Crippen LogP contribution is -2.01. The summed E-state index contributed by atoms with van der Waals surface area (Å²) < 4.78 is 0. The van der Waals surface area contributed by atoms with Gasteiger partial charge in [0.1, 0.15) is 0 Å². The fourth-order valence-corrected chi connectivity index (χ4v) is 2.57. The van der Waals surface area contributed by atoms with Crippen molar-refractivity contribution in [3.05, 3.63) is 15.6 Å². The third kappa shape index (κ3) is 1.52. The standard InChI is InChI=1S/C9H14N2S/c1-6-8(4-5-10)12-9(11-6)7-2-3-7/h7H,2-5,10H2,1H3. The summed E-state index contributed by atoms with van der Waals surface area (Å²) >= 11 is 1.86. The molecule has 0 aromatic carbocycles. The molecule has 1 heterocycles. The van der Waals surface area contributed by atoms with E-state index in [9.17, 15) is 0 Å². The van der Waals surface area contributed by atoms with Crippen LogP contribution in [0.5, 0.6) is 0 Å². The van der Waals surface area contributed by atoms with E-state index >= 15 is 0 Å². The van der Waals surface area contributed by atoms with Crippen molar-refractivity contribution >= 4 is 11.3 Å². The van der Waals surface area contributed by atoms with Gasteiger partial charge in [0.15, 0.2) is 0 Å². The van der Waals surface area contributed by atoms with Crippen LogP contribution in [0.4, 0.5) is 0 Å². The van der Waals surface area contributed by atoms with Crippen molar-refractivity contribution in [2.24, 2.45) is 5.73 Å². The van der Waals surface area contributed by atoms with E-state index in [1.165, 1.54) is 28.4 Å². The normalized spacial score (nSPS) is 16.8. The number of hydrogen-bond donors (Lipinski definition) is 1. The third-order valence-electron chi connectivity index (χ3n) is 2.21. The topological polar surface area (TPSA) is 38.9 Å². The van der Waals surface area contributed by atoms with Crippen LogP contribution >= 0.6 is 11.3 Å². The van der Waals surface area contributed by atoms with Crippen LogP contribution in [0, 0.1) is 6.92 Å². The summed E-state index contributed by atoms with van der Waals surface area (Å²) in [6, 6.07) is 0. The van der Waals surface area contributed by atoms with Gasteiger partial charge in [-0.15, -0.1) is 11.3 Å². The number of thiazole rings is 1. The molecule has 1 fully saturated rings. The second-order valence-electron chi connectivity index (χ2n) is 3.37. The van der Waals surface area contributed by atoms with Gasteiger partial charge in [-0.2, -0.15) is 0 Å². The van der Waals surface area contributed by atoms with Crippen molar-refractivity contribution in [2.45, 2.75) is 32.1 Å². The molecule has 2 nitrogen and oxygen atoms in total. The monoisotopic (exact) mass is 182 g/mol. The average molecular weight is 182 g/mol. The Hall–Kier alpha value is -0.410. The second-order valence-corrected chi connectivity index (χ2v) is 4.49. The molecule has 0 atom stereocenters. The van der Waals surface area contributed by atoms with Crippen LogP contribution in [0.3, 0.4) is 0 Å². The number of nitrogens with two attached hydrogens (primary N) is 1. The van der Waals surface area contributed by atoms with Crippen molar-refractivity contribution in [1.82, 2.24) is 4.98 Å². The van der Waals surface area contributed by atoms with E-state index in [4.69, 9.17) is 5.73 Å². The zero-order valence-corrected chi connectivity index (χ0v) is 8.16. The zero-order valence-electron chi connectivity index (χ0n) is 7.34. The highest BCUT2D eigenvalue weighted by Crippen LogP contribution is 2.42. The van der Waals surface area contributed by atoms with Crippen molar-refractivity contribution < 1.29 is 0 Å². The maximum atomic E-state index is 5.51. The molecule has 1 aliphatic rings. The average Bonchev–Trinajstić information content (AvgIpc) is 2.80. The molecule has 2 N–H and O–H groups in total. The number of rotatable bonds is 3. The van der Waals surface area contributed by atoms with Gasteiger partial charge < -0.3 is 5.73 Å². The molecular formula is C9H14N2S. The lowest BCUT2D eigenvalue weighted by molar-refractivity contribution is 0.964. The highest BCUT2D eigenvalue weighted by molar-refractivity contribution is 7.11. The van der Waals surface area contributed by atoms with Gasteiger partial charge in [0.05, 0.1) is 10.7 Å². The Labute approximate surface area is 76.8 Å². The van der Waals surface area contributed by atoms with E-state index in [1.807, 2.05) is 11.3 Å². The largest absolute Gasteiger partial charge is 0.330 e. The summed E-state index contributed by atoms with van der Waals surface area (Å²) in [4.78, 5) is 5.94. The summed E-state index contributed by atoms with van der Waals surface area (Å²) in [7, 11) is 0. The highest BCUT2D eigenvalue weighted by atomic mass is 32.1. The first-order valence-corrected chi connectivity index (χ1v) is 5.29. The van der Waals surface area contributed by atoms with Crippen molar-refractivity contribution in [2.75, 3.05) is 6.54 Å². The summed E-state index contributed by atoms with van der Waals surface area (Å²) in [6.07, 6.45) is 3.68.